The zero-order valence-corrected chi connectivity index (χ0v) is 12.0. The van der Waals surface area contributed by atoms with Crippen molar-refractivity contribution in [2.75, 3.05) is 32.8 Å². The topological polar surface area (TPSA) is 38.5 Å². The first kappa shape index (κ1) is 14.5. The molecule has 1 saturated heterocycles. The van der Waals surface area contributed by atoms with Crippen molar-refractivity contribution in [2.45, 2.75) is 32.2 Å². The Bertz CT molecular complexity index is 358. The van der Waals surface area contributed by atoms with E-state index in [0.29, 0.717) is 6.04 Å². The van der Waals surface area contributed by atoms with Crippen LogP contribution in [0.1, 0.15) is 36.9 Å². The molecule has 0 radical (unpaired) electrons. The van der Waals surface area contributed by atoms with Gasteiger partial charge in [-0.3, -0.25) is 4.90 Å². The number of hydrogen-bond donors (Lipinski definition) is 1. The van der Waals surface area contributed by atoms with Gasteiger partial charge in [-0.1, -0.05) is 37.6 Å². The fourth-order valence-corrected chi connectivity index (χ4v) is 2.80. The number of hydrogen-bond acceptors (Lipinski definition) is 3. The van der Waals surface area contributed by atoms with Gasteiger partial charge >= 0.3 is 0 Å². The lowest BCUT2D eigenvalue weighted by atomic mass is 9.99. The second-order valence-electron chi connectivity index (χ2n) is 5.23. The zero-order valence-electron chi connectivity index (χ0n) is 12.0. The van der Waals surface area contributed by atoms with Crippen molar-refractivity contribution in [1.82, 2.24) is 4.90 Å². The van der Waals surface area contributed by atoms with Crippen molar-refractivity contribution in [1.29, 1.82) is 0 Å². The van der Waals surface area contributed by atoms with Crippen LogP contribution in [0.4, 0.5) is 0 Å². The molecule has 19 heavy (non-hydrogen) atoms. The second kappa shape index (κ2) is 7.63. The molecule has 1 heterocycles. The highest BCUT2D eigenvalue weighted by Gasteiger charge is 2.21. The van der Waals surface area contributed by atoms with Gasteiger partial charge in [-0.2, -0.15) is 0 Å². The van der Waals surface area contributed by atoms with Crippen LogP contribution in [0.25, 0.3) is 0 Å². The summed E-state index contributed by atoms with van der Waals surface area (Å²) in [5, 5.41) is 0. The molecule has 0 saturated carbocycles. The smallest absolute Gasteiger partial charge is 0.0594 e. The summed E-state index contributed by atoms with van der Waals surface area (Å²) in [6.45, 7) is 6.67. The van der Waals surface area contributed by atoms with Crippen molar-refractivity contribution in [2.24, 2.45) is 5.73 Å². The summed E-state index contributed by atoms with van der Waals surface area (Å²) in [7, 11) is 0. The Balaban J connectivity index is 2.08. The minimum Gasteiger partial charge on any atom is -0.379 e. The number of nitrogens with two attached hydrogens (primary N) is 1. The molecule has 3 heteroatoms. The van der Waals surface area contributed by atoms with Gasteiger partial charge in [-0.05, 0) is 30.5 Å². The van der Waals surface area contributed by atoms with Gasteiger partial charge in [0.1, 0.15) is 0 Å². The van der Waals surface area contributed by atoms with E-state index in [1.807, 2.05) is 0 Å². The van der Waals surface area contributed by atoms with Gasteiger partial charge in [0.15, 0.2) is 0 Å². The summed E-state index contributed by atoms with van der Waals surface area (Å²) in [4.78, 5) is 2.51. The summed E-state index contributed by atoms with van der Waals surface area (Å²) >= 11 is 0. The number of ether oxygens (including phenoxy) is 1. The summed E-state index contributed by atoms with van der Waals surface area (Å²) in [6, 6.07) is 9.54. The summed E-state index contributed by atoms with van der Waals surface area (Å²) < 4.78 is 5.44. The number of aryl methyl sites for hydroxylation is 1. The molecule has 1 unspecified atom stereocenters. The van der Waals surface area contributed by atoms with E-state index in [0.717, 1.165) is 39.3 Å². The molecule has 2 rings (SSSR count). The summed E-state index contributed by atoms with van der Waals surface area (Å²) in [5.41, 5.74) is 8.62. The maximum atomic E-state index is 5.79. The molecule has 0 bridgehead atoms. The van der Waals surface area contributed by atoms with E-state index in [-0.39, 0.29) is 0 Å². The highest BCUT2D eigenvalue weighted by Crippen LogP contribution is 2.25. The van der Waals surface area contributed by atoms with Crippen molar-refractivity contribution in [3.63, 3.8) is 0 Å². The lowest BCUT2D eigenvalue weighted by Crippen LogP contribution is -2.39. The molecule has 1 aromatic rings. The lowest BCUT2D eigenvalue weighted by Gasteiger charge is -2.34. The first-order chi connectivity index (χ1) is 9.35. The van der Waals surface area contributed by atoms with Crippen LogP contribution < -0.4 is 5.73 Å². The Labute approximate surface area is 116 Å². The van der Waals surface area contributed by atoms with Crippen LogP contribution in [0, 0.1) is 0 Å². The van der Waals surface area contributed by atoms with Crippen LogP contribution >= 0.6 is 0 Å². The Hall–Kier alpha value is -0.900. The van der Waals surface area contributed by atoms with Gasteiger partial charge in [-0.25, -0.2) is 0 Å². The minimum atomic E-state index is 0.449. The number of benzene rings is 1. The maximum absolute atomic E-state index is 5.79. The van der Waals surface area contributed by atoms with Gasteiger partial charge in [0, 0.05) is 19.1 Å². The highest BCUT2D eigenvalue weighted by molar-refractivity contribution is 5.25. The number of rotatable bonds is 6. The Kier molecular flexibility index (Phi) is 5.83. The van der Waals surface area contributed by atoms with Gasteiger partial charge in [0.05, 0.1) is 13.2 Å². The van der Waals surface area contributed by atoms with Crippen molar-refractivity contribution < 1.29 is 4.74 Å². The van der Waals surface area contributed by atoms with Crippen molar-refractivity contribution in [3.05, 3.63) is 35.4 Å². The quantitative estimate of drug-likeness (QED) is 0.855. The van der Waals surface area contributed by atoms with Gasteiger partial charge < -0.3 is 10.5 Å². The molecule has 1 atom stereocenters. The van der Waals surface area contributed by atoms with E-state index in [4.69, 9.17) is 10.5 Å². The average Bonchev–Trinajstić information content (AvgIpc) is 2.47. The molecule has 3 nitrogen and oxygen atoms in total. The molecule has 1 aliphatic heterocycles. The second-order valence-corrected chi connectivity index (χ2v) is 5.23. The molecule has 1 fully saturated rings. The summed E-state index contributed by atoms with van der Waals surface area (Å²) in [5.74, 6) is 0. The van der Waals surface area contributed by atoms with E-state index in [2.05, 4.69) is 36.1 Å². The van der Waals surface area contributed by atoms with Crippen LogP contribution in [-0.2, 0) is 11.2 Å². The van der Waals surface area contributed by atoms with Crippen LogP contribution in [0.5, 0.6) is 0 Å². The fraction of sp³-hybridized carbons (Fsp3) is 0.625. The maximum Gasteiger partial charge on any atom is 0.0594 e. The Morgan fingerprint density at radius 1 is 1.21 bits per heavy atom. The standard InChI is InChI=1S/C16H26N2O/c1-2-3-14-4-6-15(7-5-14)16(8-9-17)18-10-12-19-13-11-18/h4-7,16H,2-3,8-13,17H2,1H3. The molecular weight excluding hydrogens is 236 g/mol. The minimum absolute atomic E-state index is 0.449. The Morgan fingerprint density at radius 3 is 2.47 bits per heavy atom. The van der Waals surface area contributed by atoms with Gasteiger partial charge in [0.2, 0.25) is 0 Å². The first-order valence-corrected chi connectivity index (χ1v) is 7.46. The van der Waals surface area contributed by atoms with Gasteiger partial charge in [0.25, 0.3) is 0 Å². The predicted octanol–water partition coefficient (Wildman–Crippen LogP) is 2.36. The van der Waals surface area contributed by atoms with Gasteiger partial charge in [-0.15, -0.1) is 0 Å². The summed E-state index contributed by atoms with van der Waals surface area (Å²) in [6.07, 6.45) is 3.39. The lowest BCUT2D eigenvalue weighted by molar-refractivity contribution is 0.0147. The van der Waals surface area contributed by atoms with E-state index >= 15 is 0 Å². The van der Waals surface area contributed by atoms with Crippen LogP contribution in [0.2, 0.25) is 0 Å². The SMILES string of the molecule is CCCc1ccc(C(CCN)N2CCOCC2)cc1. The monoisotopic (exact) mass is 262 g/mol. The molecule has 0 amide bonds. The average molecular weight is 262 g/mol. The normalized spacial score (nSPS) is 18.4. The van der Waals surface area contributed by atoms with E-state index < -0.39 is 0 Å². The molecule has 0 aromatic heterocycles. The molecule has 0 spiro atoms. The molecule has 1 aliphatic rings. The van der Waals surface area contributed by atoms with E-state index in [9.17, 15) is 0 Å². The molecular formula is C16H26N2O. The predicted molar refractivity (Wildman–Crippen MR) is 79.2 cm³/mol. The third-order valence-electron chi connectivity index (χ3n) is 3.83. The van der Waals surface area contributed by atoms with Crippen LogP contribution in [-0.4, -0.2) is 37.7 Å². The van der Waals surface area contributed by atoms with E-state index in [1.54, 1.807) is 0 Å². The highest BCUT2D eigenvalue weighted by atomic mass is 16.5. The third kappa shape index (κ3) is 4.03. The van der Waals surface area contributed by atoms with Crippen LogP contribution in [0.15, 0.2) is 24.3 Å². The largest absolute Gasteiger partial charge is 0.379 e. The van der Waals surface area contributed by atoms with Crippen molar-refractivity contribution in [3.8, 4) is 0 Å². The third-order valence-corrected chi connectivity index (χ3v) is 3.83. The zero-order chi connectivity index (χ0) is 13.5. The van der Waals surface area contributed by atoms with Crippen LogP contribution in [0.3, 0.4) is 0 Å². The number of nitrogens with zero attached hydrogens (tertiary/aromatic N) is 1. The fourth-order valence-electron chi connectivity index (χ4n) is 2.80. The van der Waals surface area contributed by atoms with E-state index in [1.165, 1.54) is 24.0 Å². The van der Waals surface area contributed by atoms with Crippen molar-refractivity contribution >= 4 is 0 Å². The molecule has 1 aromatic carbocycles. The Morgan fingerprint density at radius 2 is 1.89 bits per heavy atom. The molecule has 0 aliphatic carbocycles. The molecule has 106 valence electrons. The number of morpholine rings is 1. The molecule has 2 N–H and O–H groups in total. The first-order valence-electron chi connectivity index (χ1n) is 7.46.